The van der Waals surface area contributed by atoms with Crippen molar-refractivity contribution in [2.75, 3.05) is 45.2 Å². The van der Waals surface area contributed by atoms with Crippen LogP contribution in [-0.2, 0) is 9.84 Å². The Morgan fingerprint density at radius 2 is 2.04 bits per heavy atom. The van der Waals surface area contributed by atoms with Gasteiger partial charge in [-0.15, -0.1) is 0 Å². The lowest BCUT2D eigenvalue weighted by atomic mass is 10.2. The topological polar surface area (TPSA) is 138 Å². The van der Waals surface area contributed by atoms with Crippen molar-refractivity contribution in [3.63, 3.8) is 0 Å². The molecule has 134 valence electrons. The van der Waals surface area contributed by atoms with Crippen molar-refractivity contribution in [3.05, 3.63) is 24.0 Å². The third-order valence-corrected chi connectivity index (χ3v) is 4.45. The molecule has 0 amide bonds. The Balaban J connectivity index is 0.000000269. The van der Waals surface area contributed by atoms with Crippen LogP contribution in [0.1, 0.15) is 5.56 Å². The molecule has 3 rings (SSSR count). The maximum atomic E-state index is 11.6. The maximum Gasteiger partial charge on any atom is 0.222 e. The Kier molecular flexibility index (Phi) is 6.08. The number of nitrogen functional groups attached to an aromatic ring is 1. The molecular formula is C15H20N6O3S. The fourth-order valence-electron chi connectivity index (χ4n) is 2.19. The van der Waals surface area contributed by atoms with Crippen LogP contribution in [0.2, 0.25) is 0 Å². The molecule has 2 aromatic rings. The van der Waals surface area contributed by atoms with Gasteiger partial charge < -0.3 is 20.4 Å². The smallest absolute Gasteiger partial charge is 0.222 e. The molecule has 1 saturated heterocycles. The lowest BCUT2D eigenvalue weighted by Crippen LogP contribution is -2.40. The highest BCUT2D eigenvalue weighted by atomic mass is 32.2. The van der Waals surface area contributed by atoms with Gasteiger partial charge in [0.05, 0.1) is 6.26 Å². The van der Waals surface area contributed by atoms with Crippen LogP contribution in [0, 0.1) is 11.3 Å². The van der Waals surface area contributed by atoms with Gasteiger partial charge in [0.1, 0.15) is 17.3 Å². The summed E-state index contributed by atoms with van der Waals surface area (Å²) >= 11 is 0. The molecule has 0 saturated carbocycles. The molecule has 1 aliphatic rings. The Morgan fingerprint density at radius 1 is 1.36 bits per heavy atom. The fraction of sp³-hybridized carbons (Fsp3) is 0.400. The van der Waals surface area contributed by atoms with E-state index < -0.39 is 14.9 Å². The Hall–Kier alpha value is -2.48. The molecule has 0 aliphatic carbocycles. The minimum Gasteiger partial charge on any atom is -0.463 e. The monoisotopic (exact) mass is 364 g/mol. The van der Waals surface area contributed by atoms with Crippen molar-refractivity contribution in [2.24, 2.45) is 0 Å². The number of nitrogens with zero attached hydrogens (tertiary/aromatic N) is 4. The first-order valence-corrected chi connectivity index (χ1v) is 9.43. The van der Waals surface area contributed by atoms with Crippen LogP contribution < -0.4 is 11.1 Å². The Labute approximate surface area is 146 Å². The average molecular weight is 364 g/mol. The number of aromatic nitrogens is 2. The van der Waals surface area contributed by atoms with E-state index in [1.165, 1.54) is 19.4 Å². The van der Waals surface area contributed by atoms with E-state index in [1.54, 1.807) is 18.2 Å². The van der Waals surface area contributed by atoms with Crippen molar-refractivity contribution in [1.82, 2.24) is 20.2 Å². The van der Waals surface area contributed by atoms with Gasteiger partial charge >= 0.3 is 0 Å². The Bertz CT molecular complexity index is 852. The minimum absolute atomic E-state index is 0.0652. The summed E-state index contributed by atoms with van der Waals surface area (Å²) in [5.74, 6) is 0.0198. The van der Waals surface area contributed by atoms with Gasteiger partial charge in [0, 0.05) is 32.4 Å². The molecule has 10 heteroatoms. The van der Waals surface area contributed by atoms with E-state index in [-0.39, 0.29) is 23.0 Å². The summed E-state index contributed by atoms with van der Waals surface area (Å²) < 4.78 is 28.2. The zero-order chi connectivity index (χ0) is 18.4. The number of nitriles is 1. The summed E-state index contributed by atoms with van der Waals surface area (Å²) in [4.78, 5) is 9.78. The zero-order valence-electron chi connectivity index (χ0n) is 14.1. The first-order chi connectivity index (χ1) is 11.8. The van der Waals surface area contributed by atoms with Crippen molar-refractivity contribution < 1.29 is 12.8 Å². The first-order valence-electron chi connectivity index (χ1n) is 7.53. The highest BCUT2D eigenvalue weighted by molar-refractivity contribution is 7.90. The van der Waals surface area contributed by atoms with Gasteiger partial charge in [-0.3, -0.25) is 0 Å². The molecule has 0 bridgehead atoms. The van der Waals surface area contributed by atoms with E-state index >= 15 is 0 Å². The van der Waals surface area contributed by atoms with E-state index in [0.717, 1.165) is 19.3 Å². The molecule has 3 heterocycles. The van der Waals surface area contributed by atoms with Crippen molar-refractivity contribution in [2.45, 2.75) is 5.03 Å². The van der Waals surface area contributed by atoms with Gasteiger partial charge in [-0.2, -0.15) is 5.26 Å². The number of hydrogen-bond acceptors (Lipinski definition) is 9. The number of hydrogen-bond donors (Lipinski definition) is 2. The van der Waals surface area contributed by atoms with E-state index in [2.05, 4.69) is 27.2 Å². The molecule has 0 unspecified atom stereocenters. The van der Waals surface area contributed by atoms with Crippen LogP contribution in [0.25, 0.3) is 11.5 Å². The first kappa shape index (κ1) is 18.9. The summed E-state index contributed by atoms with van der Waals surface area (Å²) in [6.45, 7) is 4.74. The van der Waals surface area contributed by atoms with Crippen molar-refractivity contribution in [1.29, 1.82) is 5.26 Å². The fourth-order valence-corrected chi connectivity index (χ4v) is 2.97. The lowest BCUT2D eigenvalue weighted by Gasteiger charge is -2.21. The maximum absolute atomic E-state index is 11.6. The molecule has 0 spiro atoms. The SMILES string of the molecule is CN1CCNCC1.CS(=O)(=O)c1nc(N)nc(-c2ccco2)c1C#N. The normalized spacial score (nSPS) is 15.1. The van der Waals surface area contributed by atoms with E-state index in [4.69, 9.17) is 15.4 Å². The molecule has 0 radical (unpaired) electrons. The van der Waals surface area contributed by atoms with Crippen LogP contribution in [0.15, 0.2) is 27.8 Å². The quantitative estimate of drug-likeness (QED) is 0.711. The molecule has 25 heavy (non-hydrogen) atoms. The van der Waals surface area contributed by atoms with Gasteiger partial charge in [-0.25, -0.2) is 18.4 Å². The zero-order valence-corrected chi connectivity index (χ0v) is 14.9. The number of nitrogens with two attached hydrogens (primary N) is 1. The van der Waals surface area contributed by atoms with Crippen LogP contribution in [0.4, 0.5) is 5.95 Å². The average Bonchev–Trinajstić information content (AvgIpc) is 3.09. The highest BCUT2D eigenvalue weighted by Gasteiger charge is 2.23. The number of nitrogens with one attached hydrogen (secondary N) is 1. The number of anilines is 1. The molecule has 0 atom stereocenters. The third-order valence-electron chi connectivity index (χ3n) is 3.45. The Morgan fingerprint density at radius 3 is 2.48 bits per heavy atom. The lowest BCUT2D eigenvalue weighted by molar-refractivity contribution is 0.291. The number of sulfone groups is 1. The summed E-state index contributed by atoms with van der Waals surface area (Å²) in [7, 11) is -1.52. The molecule has 1 aliphatic heterocycles. The second kappa shape index (κ2) is 8.06. The van der Waals surface area contributed by atoms with Crippen LogP contribution in [0.5, 0.6) is 0 Å². The van der Waals surface area contributed by atoms with Crippen LogP contribution in [-0.4, -0.2) is 62.8 Å². The summed E-state index contributed by atoms with van der Waals surface area (Å²) in [5, 5.41) is 11.9. The van der Waals surface area contributed by atoms with E-state index in [0.29, 0.717) is 0 Å². The third kappa shape index (κ3) is 4.99. The molecule has 0 aromatic carbocycles. The molecule has 2 aromatic heterocycles. The molecule has 3 N–H and O–H groups in total. The standard InChI is InChI=1S/C10H8N4O3S.C5H12N2/c1-18(15,16)9-6(5-11)8(13-10(12)14-9)7-3-2-4-17-7;1-7-4-2-6-3-5-7/h2-4H,1H3,(H2,12,13,14);6H,2-5H2,1H3. The predicted molar refractivity (Wildman–Crippen MR) is 92.3 cm³/mol. The number of furan rings is 1. The minimum atomic E-state index is -3.68. The van der Waals surface area contributed by atoms with Gasteiger partial charge in [0.25, 0.3) is 0 Å². The van der Waals surface area contributed by atoms with E-state index in [1.807, 2.05) is 0 Å². The van der Waals surface area contributed by atoms with Gasteiger partial charge in [0.15, 0.2) is 20.6 Å². The second-order valence-corrected chi connectivity index (χ2v) is 7.46. The number of rotatable bonds is 2. The van der Waals surface area contributed by atoms with Crippen LogP contribution in [0.3, 0.4) is 0 Å². The number of likely N-dealkylation sites (N-methyl/N-ethyl adjacent to an activating group) is 1. The number of piperazine rings is 1. The van der Waals surface area contributed by atoms with Crippen LogP contribution >= 0.6 is 0 Å². The van der Waals surface area contributed by atoms with Gasteiger partial charge in [-0.05, 0) is 19.2 Å². The molecule has 1 fully saturated rings. The highest BCUT2D eigenvalue weighted by Crippen LogP contribution is 2.26. The van der Waals surface area contributed by atoms with Gasteiger partial charge in [0.2, 0.25) is 5.95 Å². The largest absolute Gasteiger partial charge is 0.463 e. The summed E-state index contributed by atoms with van der Waals surface area (Å²) in [5.41, 5.74) is 5.33. The summed E-state index contributed by atoms with van der Waals surface area (Å²) in [6, 6.07) is 4.91. The predicted octanol–water partition coefficient (Wildman–Crippen LogP) is 0.115. The van der Waals surface area contributed by atoms with Crippen molar-refractivity contribution >= 4 is 15.8 Å². The van der Waals surface area contributed by atoms with Crippen molar-refractivity contribution in [3.8, 4) is 17.5 Å². The molecular weight excluding hydrogens is 344 g/mol. The van der Waals surface area contributed by atoms with Gasteiger partial charge in [-0.1, -0.05) is 0 Å². The van der Waals surface area contributed by atoms with E-state index in [9.17, 15) is 8.42 Å². The summed E-state index contributed by atoms with van der Waals surface area (Å²) in [6.07, 6.45) is 2.33. The second-order valence-electron chi connectivity index (χ2n) is 5.53. The molecule has 9 nitrogen and oxygen atoms in total.